The quantitative estimate of drug-likeness (QED) is 0.847. The molecule has 1 amide bonds. The maximum absolute atomic E-state index is 13.8. The topological polar surface area (TPSA) is 55.1 Å². The van der Waals surface area contributed by atoms with Crippen molar-refractivity contribution in [2.24, 2.45) is 0 Å². The van der Waals surface area contributed by atoms with Gasteiger partial charge >= 0.3 is 0 Å². The van der Waals surface area contributed by atoms with Crippen LogP contribution in [-0.4, -0.2) is 5.91 Å². The van der Waals surface area contributed by atoms with Crippen molar-refractivity contribution in [1.29, 1.82) is 0 Å². The minimum Gasteiger partial charge on any atom is -0.399 e. The number of hydrogen-bond donors (Lipinski definition) is 2. The largest absolute Gasteiger partial charge is 0.399 e. The van der Waals surface area contributed by atoms with Crippen LogP contribution in [0.2, 0.25) is 0 Å². The predicted octanol–water partition coefficient (Wildman–Crippen LogP) is 2.79. The molecule has 2 aromatic rings. The number of nitrogens with one attached hydrogen (secondary N) is 1. The van der Waals surface area contributed by atoms with Gasteiger partial charge in [0.05, 0.1) is 0 Å². The molecule has 0 radical (unpaired) electrons. The van der Waals surface area contributed by atoms with Gasteiger partial charge in [0, 0.05) is 12.2 Å². The van der Waals surface area contributed by atoms with Crippen LogP contribution in [-0.2, 0) is 6.54 Å². The number of hydrogen-bond acceptors (Lipinski definition) is 2. The van der Waals surface area contributed by atoms with Gasteiger partial charge in [-0.3, -0.25) is 4.79 Å². The number of amides is 1. The van der Waals surface area contributed by atoms with Crippen LogP contribution in [0.5, 0.6) is 0 Å². The lowest BCUT2D eigenvalue weighted by Gasteiger charge is -2.09. The molecule has 3 N–H and O–H groups in total. The maximum atomic E-state index is 13.8. The number of rotatable bonds is 3. The normalized spacial score (nSPS) is 10.3. The molecule has 0 aromatic heterocycles. The summed E-state index contributed by atoms with van der Waals surface area (Å²) >= 11 is 0. The van der Waals surface area contributed by atoms with Crippen LogP contribution >= 0.6 is 0 Å². The van der Waals surface area contributed by atoms with Crippen LogP contribution in [0.15, 0.2) is 36.4 Å². The van der Waals surface area contributed by atoms with Gasteiger partial charge in [0.25, 0.3) is 5.91 Å². The molecular weight excluding hydrogens is 262 g/mol. The summed E-state index contributed by atoms with van der Waals surface area (Å²) in [7, 11) is 0. The Hall–Kier alpha value is -2.43. The monoisotopic (exact) mass is 276 g/mol. The molecule has 3 nitrogen and oxygen atoms in total. The second-order valence-electron chi connectivity index (χ2n) is 4.48. The SMILES string of the molecule is Cc1ccc(F)c(C(=O)NCc2cccc(N)c2)c1F. The molecule has 0 aliphatic carbocycles. The molecule has 0 saturated heterocycles. The van der Waals surface area contributed by atoms with E-state index in [0.717, 1.165) is 11.6 Å². The molecule has 0 spiro atoms. The van der Waals surface area contributed by atoms with Crippen molar-refractivity contribution < 1.29 is 13.6 Å². The molecule has 0 heterocycles. The Morgan fingerprint density at radius 2 is 2.00 bits per heavy atom. The van der Waals surface area contributed by atoms with Crippen molar-refractivity contribution in [3.63, 3.8) is 0 Å². The average molecular weight is 276 g/mol. The molecule has 0 atom stereocenters. The summed E-state index contributed by atoms with van der Waals surface area (Å²) in [5.74, 6) is -2.50. The number of halogens is 2. The minimum atomic E-state index is -0.877. The van der Waals surface area contributed by atoms with Gasteiger partial charge in [0.15, 0.2) is 0 Å². The molecule has 0 aliphatic heterocycles. The Balaban J connectivity index is 2.15. The van der Waals surface area contributed by atoms with Crippen LogP contribution in [0.1, 0.15) is 21.5 Å². The van der Waals surface area contributed by atoms with Gasteiger partial charge in [-0.15, -0.1) is 0 Å². The lowest BCUT2D eigenvalue weighted by molar-refractivity contribution is 0.0942. The molecule has 2 rings (SSSR count). The van der Waals surface area contributed by atoms with Crippen molar-refractivity contribution in [2.75, 3.05) is 5.73 Å². The van der Waals surface area contributed by atoms with Gasteiger partial charge in [-0.2, -0.15) is 0 Å². The third-order valence-electron chi connectivity index (χ3n) is 2.92. The van der Waals surface area contributed by atoms with E-state index in [0.29, 0.717) is 5.69 Å². The molecule has 5 heteroatoms. The predicted molar refractivity (Wildman–Crippen MR) is 73.1 cm³/mol. The van der Waals surface area contributed by atoms with Crippen LogP contribution in [0.3, 0.4) is 0 Å². The van der Waals surface area contributed by atoms with E-state index >= 15 is 0 Å². The number of nitrogens with two attached hydrogens (primary N) is 1. The summed E-state index contributed by atoms with van der Waals surface area (Å²) in [5, 5.41) is 2.48. The maximum Gasteiger partial charge on any atom is 0.257 e. The Kier molecular flexibility index (Phi) is 3.98. The highest BCUT2D eigenvalue weighted by molar-refractivity contribution is 5.94. The zero-order chi connectivity index (χ0) is 14.7. The number of anilines is 1. The number of benzene rings is 2. The second-order valence-corrected chi connectivity index (χ2v) is 4.48. The first-order valence-electron chi connectivity index (χ1n) is 6.06. The van der Waals surface area contributed by atoms with Gasteiger partial charge in [-0.1, -0.05) is 18.2 Å². The number of carbonyl (C=O) groups is 1. The zero-order valence-electron chi connectivity index (χ0n) is 10.9. The smallest absolute Gasteiger partial charge is 0.257 e. The van der Waals surface area contributed by atoms with Crippen LogP contribution in [0.4, 0.5) is 14.5 Å². The summed E-state index contributed by atoms with van der Waals surface area (Å²) in [4.78, 5) is 11.9. The van der Waals surface area contributed by atoms with Crippen LogP contribution in [0.25, 0.3) is 0 Å². The molecule has 0 bridgehead atoms. The van der Waals surface area contributed by atoms with Crippen LogP contribution in [0, 0.1) is 18.6 Å². The summed E-state index contributed by atoms with van der Waals surface area (Å²) in [6, 6.07) is 9.27. The first kappa shape index (κ1) is 14.0. The van der Waals surface area contributed by atoms with Gasteiger partial charge in [0.2, 0.25) is 0 Å². The third kappa shape index (κ3) is 2.93. The first-order chi connectivity index (χ1) is 9.49. The van der Waals surface area contributed by atoms with Crippen LogP contribution < -0.4 is 11.1 Å². The lowest BCUT2D eigenvalue weighted by atomic mass is 10.1. The fraction of sp³-hybridized carbons (Fsp3) is 0.133. The Labute approximate surface area is 115 Å². The number of aryl methyl sites for hydroxylation is 1. The fourth-order valence-electron chi connectivity index (χ4n) is 1.84. The highest BCUT2D eigenvalue weighted by Crippen LogP contribution is 2.16. The highest BCUT2D eigenvalue weighted by atomic mass is 19.1. The van der Waals surface area contributed by atoms with Crippen molar-refractivity contribution >= 4 is 11.6 Å². The molecule has 104 valence electrons. The highest BCUT2D eigenvalue weighted by Gasteiger charge is 2.18. The Morgan fingerprint density at radius 3 is 2.70 bits per heavy atom. The van der Waals surface area contributed by atoms with Crippen molar-refractivity contribution in [3.8, 4) is 0 Å². The average Bonchev–Trinajstić information content (AvgIpc) is 2.41. The molecule has 20 heavy (non-hydrogen) atoms. The van der Waals surface area contributed by atoms with E-state index < -0.39 is 23.1 Å². The summed E-state index contributed by atoms with van der Waals surface area (Å²) in [6.45, 7) is 1.63. The van der Waals surface area contributed by atoms with Gasteiger partial charge in [-0.05, 0) is 36.2 Å². The van der Waals surface area contributed by atoms with Crippen molar-refractivity contribution in [2.45, 2.75) is 13.5 Å². The Bertz CT molecular complexity index is 656. The van der Waals surface area contributed by atoms with E-state index in [-0.39, 0.29) is 12.1 Å². The van der Waals surface area contributed by atoms with Gasteiger partial charge in [0.1, 0.15) is 17.2 Å². The standard InChI is InChI=1S/C15H14F2N2O/c1-9-5-6-12(16)13(14(9)17)15(20)19-8-10-3-2-4-11(18)7-10/h2-7H,8,18H2,1H3,(H,19,20). The van der Waals surface area contributed by atoms with Gasteiger partial charge < -0.3 is 11.1 Å². The van der Waals surface area contributed by atoms with Crippen molar-refractivity contribution in [1.82, 2.24) is 5.32 Å². The molecule has 0 fully saturated rings. The number of nitrogen functional groups attached to an aromatic ring is 1. The summed E-state index contributed by atoms with van der Waals surface area (Å²) < 4.78 is 27.3. The van der Waals surface area contributed by atoms with E-state index in [1.165, 1.54) is 13.0 Å². The van der Waals surface area contributed by atoms with E-state index in [1.54, 1.807) is 24.3 Å². The fourth-order valence-corrected chi connectivity index (χ4v) is 1.84. The van der Waals surface area contributed by atoms with E-state index in [9.17, 15) is 13.6 Å². The molecule has 2 aromatic carbocycles. The molecule has 0 unspecified atom stereocenters. The van der Waals surface area contributed by atoms with E-state index in [2.05, 4.69) is 5.32 Å². The number of carbonyl (C=O) groups excluding carboxylic acids is 1. The molecule has 0 saturated carbocycles. The molecule has 0 aliphatic rings. The summed E-state index contributed by atoms with van der Waals surface area (Å²) in [6.07, 6.45) is 0. The van der Waals surface area contributed by atoms with E-state index in [4.69, 9.17) is 5.73 Å². The third-order valence-corrected chi connectivity index (χ3v) is 2.92. The minimum absolute atomic E-state index is 0.149. The molecular formula is C15H14F2N2O. The van der Waals surface area contributed by atoms with E-state index in [1.807, 2.05) is 0 Å². The van der Waals surface area contributed by atoms with Gasteiger partial charge in [-0.25, -0.2) is 8.78 Å². The first-order valence-corrected chi connectivity index (χ1v) is 6.06. The van der Waals surface area contributed by atoms with Crippen molar-refractivity contribution in [3.05, 3.63) is 64.7 Å². The second kappa shape index (κ2) is 5.69. The lowest BCUT2D eigenvalue weighted by Crippen LogP contribution is -2.25. The zero-order valence-corrected chi connectivity index (χ0v) is 10.9. The Morgan fingerprint density at radius 1 is 1.25 bits per heavy atom. The summed E-state index contributed by atoms with van der Waals surface area (Å²) in [5.41, 5.74) is 6.59.